The maximum atomic E-state index is 11.8. The maximum absolute atomic E-state index is 11.8. The zero-order valence-electron chi connectivity index (χ0n) is 19.0. The first-order chi connectivity index (χ1) is 14.9. The Balaban J connectivity index is 1.54. The summed E-state index contributed by atoms with van der Waals surface area (Å²) in [5.74, 6) is 1.61. The summed E-state index contributed by atoms with van der Waals surface area (Å²) in [6.07, 6.45) is 1.89. The normalized spacial score (nSPS) is 11.6. The molecule has 6 nitrogen and oxygen atoms in total. The van der Waals surface area contributed by atoms with Crippen LogP contribution in [0.5, 0.6) is 5.75 Å². The largest absolute Gasteiger partial charge is 0.494 e. The lowest BCUT2D eigenvalue weighted by molar-refractivity contribution is -0.124. The standard InChI is InChI=1S/C25H33N3O3/c1-25(2,3)19-11-13-20(14-12-19)31-16-8-7-15-28-22-10-6-5-9-21(22)27-23(28)17-26-24(29)18-30-4/h5-6,9-14H,7-8,15-18H2,1-4H3,(H,26,29). The molecule has 0 saturated carbocycles. The Morgan fingerprint density at radius 1 is 1.06 bits per heavy atom. The van der Waals surface area contributed by atoms with Crippen molar-refractivity contribution in [1.82, 2.24) is 14.9 Å². The predicted octanol–water partition coefficient (Wildman–Crippen LogP) is 4.46. The lowest BCUT2D eigenvalue weighted by Crippen LogP contribution is -2.28. The van der Waals surface area contributed by atoms with Gasteiger partial charge in [-0.1, -0.05) is 45.0 Å². The van der Waals surface area contributed by atoms with Crippen LogP contribution in [0.2, 0.25) is 0 Å². The molecule has 0 spiro atoms. The molecule has 0 aliphatic heterocycles. The van der Waals surface area contributed by atoms with Crippen LogP contribution in [-0.4, -0.2) is 35.8 Å². The average molecular weight is 424 g/mol. The number of rotatable bonds is 10. The van der Waals surface area contributed by atoms with Crippen molar-refractivity contribution < 1.29 is 14.3 Å². The van der Waals surface area contributed by atoms with Gasteiger partial charge in [0.25, 0.3) is 0 Å². The minimum atomic E-state index is -0.146. The fourth-order valence-electron chi connectivity index (χ4n) is 3.48. The quantitative estimate of drug-likeness (QED) is 0.489. The third-order valence-electron chi connectivity index (χ3n) is 5.22. The van der Waals surface area contributed by atoms with E-state index in [-0.39, 0.29) is 17.9 Å². The van der Waals surface area contributed by atoms with E-state index in [1.165, 1.54) is 12.7 Å². The second-order valence-electron chi connectivity index (χ2n) is 8.71. The summed E-state index contributed by atoms with van der Waals surface area (Å²) < 4.78 is 13.0. The predicted molar refractivity (Wildman–Crippen MR) is 123 cm³/mol. The van der Waals surface area contributed by atoms with E-state index in [2.05, 4.69) is 48.9 Å². The van der Waals surface area contributed by atoms with Crippen molar-refractivity contribution in [3.05, 3.63) is 59.9 Å². The smallest absolute Gasteiger partial charge is 0.246 e. The van der Waals surface area contributed by atoms with Gasteiger partial charge in [0, 0.05) is 13.7 Å². The molecule has 3 aromatic rings. The van der Waals surface area contributed by atoms with Crippen molar-refractivity contribution in [1.29, 1.82) is 0 Å². The molecule has 0 atom stereocenters. The van der Waals surface area contributed by atoms with E-state index in [0.29, 0.717) is 13.2 Å². The molecule has 31 heavy (non-hydrogen) atoms. The summed E-state index contributed by atoms with van der Waals surface area (Å²) in [6, 6.07) is 16.4. The van der Waals surface area contributed by atoms with Crippen molar-refractivity contribution in [3.63, 3.8) is 0 Å². The molecule has 3 rings (SSSR count). The first-order valence-electron chi connectivity index (χ1n) is 10.8. The van der Waals surface area contributed by atoms with Crippen LogP contribution >= 0.6 is 0 Å². The van der Waals surface area contributed by atoms with Gasteiger partial charge in [0.15, 0.2) is 0 Å². The minimum Gasteiger partial charge on any atom is -0.494 e. The molecular weight excluding hydrogens is 390 g/mol. The maximum Gasteiger partial charge on any atom is 0.246 e. The average Bonchev–Trinajstić information content (AvgIpc) is 3.09. The monoisotopic (exact) mass is 423 g/mol. The highest BCUT2D eigenvalue weighted by Gasteiger charge is 2.13. The van der Waals surface area contributed by atoms with Gasteiger partial charge in [-0.25, -0.2) is 4.98 Å². The van der Waals surface area contributed by atoms with E-state index in [0.717, 1.165) is 42.0 Å². The highest BCUT2D eigenvalue weighted by atomic mass is 16.5. The van der Waals surface area contributed by atoms with Crippen LogP contribution in [0.15, 0.2) is 48.5 Å². The number of aromatic nitrogens is 2. The van der Waals surface area contributed by atoms with Crippen molar-refractivity contribution >= 4 is 16.9 Å². The molecule has 0 bridgehead atoms. The molecule has 1 amide bonds. The molecule has 1 heterocycles. The molecule has 0 unspecified atom stereocenters. The Kier molecular flexibility index (Phi) is 7.69. The molecule has 2 aromatic carbocycles. The SMILES string of the molecule is COCC(=O)NCc1nc2ccccc2n1CCCCOc1ccc(C(C)(C)C)cc1. The molecule has 6 heteroatoms. The Hall–Kier alpha value is -2.86. The Morgan fingerprint density at radius 2 is 1.81 bits per heavy atom. The number of fused-ring (bicyclic) bond motifs is 1. The van der Waals surface area contributed by atoms with Crippen LogP contribution in [0.1, 0.15) is 45.0 Å². The molecule has 0 saturated heterocycles. The number of carbonyl (C=O) groups is 1. The molecule has 0 aliphatic carbocycles. The molecule has 166 valence electrons. The molecule has 0 aliphatic rings. The van der Waals surface area contributed by atoms with Gasteiger partial charge in [-0.05, 0) is 48.1 Å². The van der Waals surface area contributed by atoms with Crippen molar-refractivity contribution in [2.75, 3.05) is 20.3 Å². The first kappa shape index (κ1) is 22.8. The van der Waals surface area contributed by atoms with Gasteiger partial charge in [-0.3, -0.25) is 4.79 Å². The number of amides is 1. The van der Waals surface area contributed by atoms with E-state index < -0.39 is 0 Å². The summed E-state index contributed by atoms with van der Waals surface area (Å²) in [6.45, 7) is 8.55. The van der Waals surface area contributed by atoms with E-state index >= 15 is 0 Å². The number of aryl methyl sites for hydroxylation is 1. The molecule has 0 radical (unpaired) electrons. The van der Waals surface area contributed by atoms with E-state index in [1.54, 1.807) is 0 Å². The zero-order valence-corrected chi connectivity index (χ0v) is 19.0. The van der Waals surface area contributed by atoms with Gasteiger partial charge >= 0.3 is 0 Å². The Labute approximate surface area is 184 Å². The number of carbonyl (C=O) groups excluding carboxylic acids is 1. The Morgan fingerprint density at radius 3 is 2.52 bits per heavy atom. The molecular formula is C25H33N3O3. The van der Waals surface area contributed by atoms with Crippen molar-refractivity contribution in [2.45, 2.75) is 52.1 Å². The van der Waals surface area contributed by atoms with Crippen LogP contribution < -0.4 is 10.1 Å². The van der Waals surface area contributed by atoms with Gasteiger partial charge < -0.3 is 19.4 Å². The number of hydrogen-bond acceptors (Lipinski definition) is 4. The number of benzene rings is 2. The highest BCUT2D eigenvalue weighted by molar-refractivity contribution is 5.78. The number of ether oxygens (including phenoxy) is 2. The summed E-state index contributed by atoms with van der Waals surface area (Å²) in [4.78, 5) is 16.5. The van der Waals surface area contributed by atoms with E-state index in [4.69, 9.17) is 14.5 Å². The van der Waals surface area contributed by atoms with Gasteiger partial charge in [-0.15, -0.1) is 0 Å². The van der Waals surface area contributed by atoms with Crippen molar-refractivity contribution in [3.8, 4) is 5.75 Å². The van der Waals surface area contributed by atoms with E-state index in [9.17, 15) is 4.79 Å². The summed E-state index contributed by atoms with van der Waals surface area (Å²) in [5, 5.41) is 2.87. The number of nitrogens with one attached hydrogen (secondary N) is 1. The van der Waals surface area contributed by atoms with Crippen molar-refractivity contribution in [2.24, 2.45) is 0 Å². The minimum absolute atomic E-state index is 0.0499. The van der Waals surface area contributed by atoms with Crippen LogP contribution in [0, 0.1) is 0 Å². The molecule has 1 aromatic heterocycles. The number of methoxy groups -OCH3 is 1. The van der Waals surface area contributed by atoms with Crippen LogP contribution in [0.3, 0.4) is 0 Å². The van der Waals surface area contributed by atoms with Gasteiger partial charge in [0.2, 0.25) is 5.91 Å². The molecule has 1 N–H and O–H groups in total. The first-order valence-corrected chi connectivity index (χ1v) is 10.8. The third kappa shape index (κ3) is 6.31. The molecule has 0 fully saturated rings. The number of hydrogen-bond donors (Lipinski definition) is 1. The fraction of sp³-hybridized carbons (Fsp3) is 0.440. The summed E-state index contributed by atoms with van der Waals surface area (Å²) >= 11 is 0. The Bertz CT molecular complexity index is 987. The van der Waals surface area contributed by atoms with Crippen LogP contribution in [-0.2, 0) is 28.0 Å². The highest BCUT2D eigenvalue weighted by Crippen LogP contribution is 2.24. The lowest BCUT2D eigenvalue weighted by Gasteiger charge is -2.19. The van der Waals surface area contributed by atoms with Gasteiger partial charge in [-0.2, -0.15) is 0 Å². The second-order valence-corrected chi connectivity index (χ2v) is 8.71. The topological polar surface area (TPSA) is 65.4 Å². The number of para-hydroxylation sites is 2. The van der Waals surface area contributed by atoms with Crippen LogP contribution in [0.4, 0.5) is 0 Å². The fourth-order valence-corrected chi connectivity index (χ4v) is 3.48. The van der Waals surface area contributed by atoms with Crippen LogP contribution in [0.25, 0.3) is 11.0 Å². The van der Waals surface area contributed by atoms with Gasteiger partial charge in [0.1, 0.15) is 18.2 Å². The summed E-state index contributed by atoms with van der Waals surface area (Å²) in [5.41, 5.74) is 3.47. The van der Waals surface area contributed by atoms with Gasteiger partial charge in [0.05, 0.1) is 24.2 Å². The summed E-state index contributed by atoms with van der Waals surface area (Å²) in [7, 11) is 1.51. The second kappa shape index (κ2) is 10.4. The number of unbranched alkanes of at least 4 members (excludes halogenated alkanes) is 1. The van der Waals surface area contributed by atoms with E-state index in [1.807, 2.05) is 30.3 Å². The third-order valence-corrected chi connectivity index (χ3v) is 5.22. The zero-order chi connectivity index (χ0) is 22.3. The number of imidazole rings is 1. The lowest BCUT2D eigenvalue weighted by atomic mass is 9.87. The number of nitrogens with zero attached hydrogens (tertiary/aromatic N) is 2.